The number of alkyl halides is 1. The number of aromatic nitrogens is 3. The molecule has 0 bridgehead atoms. The first-order valence-corrected chi connectivity index (χ1v) is 9.73. The minimum absolute atomic E-state index is 0.0466. The molecule has 2 heterocycles. The number of fused-ring (bicyclic) bond motifs is 1. The maximum Gasteiger partial charge on any atom is 0.336 e. The Bertz CT molecular complexity index is 979. The fourth-order valence-corrected chi connectivity index (χ4v) is 4.32. The fourth-order valence-electron chi connectivity index (χ4n) is 2.83. The zero-order valence-electron chi connectivity index (χ0n) is 13.1. The lowest BCUT2D eigenvalue weighted by Gasteiger charge is -2.16. The summed E-state index contributed by atoms with van der Waals surface area (Å²) < 4.78 is 27.9. The molecule has 0 aliphatic rings. The first kappa shape index (κ1) is 16.3. The van der Waals surface area contributed by atoms with Crippen LogP contribution in [0.25, 0.3) is 16.7 Å². The summed E-state index contributed by atoms with van der Waals surface area (Å²) in [5, 5.41) is 10.3. The Kier molecular flexibility index (Phi) is 3.97. The van der Waals surface area contributed by atoms with Gasteiger partial charge in [-0.3, -0.25) is 4.57 Å². The molecule has 2 aromatic heterocycles. The lowest BCUT2D eigenvalue weighted by Crippen LogP contribution is -2.19. The smallest absolute Gasteiger partial charge is 0.336 e. The van der Waals surface area contributed by atoms with E-state index in [1.54, 1.807) is 18.2 Å². The van der Waals surface area contributed by atoms with Crippen molar-refractivity contribution in [3.8, 4) is 5.82 Å². The number of carboxylic acid groups (broad SMARTS) is 1. The largest absolute Gasteiger partial charge is 0.478 e. The van der Waals surface area contributed by atoms with Gasteiger partial charge in [-0.1, -0.05) is 6.07 Å². The topological polar surface area (TPSA) is 85.1 Å². The van der Waals surface area contributed by atoms with Crippen molar-refractivity contribution in [2.24, 2.45) is 0 Å². The summed E-state index contributed by atoms with van der Waals surface area (Å²) in [6.45, 7) is 2.24. The number of halogens is 1. The summed E-state index contributed by atoms with van der Waals surface area (Å²) in [7, 11) is -2.97. The molecule has 1 N–H and O–H groups in total. The highest BCUT2D eigenvalue weighted by atomic mass is 31.2. The van der Waals surface area contributed by atoms with Crippen LogP contribution in [0.1, 0.15) is 16.1 Å². The van der Waals surface area contributed by atoms with Crippen LogP contribution in [0.5, 0.6) is 0 Å². The molecule has 6 nitrogen and oxygen atoms in total. The Balaban J connectivity index is 2.53. The van der Waals surface area contributed by atoms with Crippen molar-refractivity contribution in [2.45, 2.75) is 6.67 Å². The molecule has 0 unspecified atom stereocenters. The number of rotatable bonds is 4. The Morgan fingerprint density at radius 3 is 2.62 bits per heavy atom. The van der Waals surface area contributed by atoms with E-state index in [0.29, 0.717) is 22.4 Å². The quantitative estimate of drug-likeness (QED) is 0.734. The van der Waals surface area contributed by atoms with Crippen molar-refractivity contribution in [3.63, 3.8) is 0 Å². The molecule has 0 saturated heterocycles. The highest BCUT2D eigenvalue weighted by molar-refractivity contribution is 7.70. The number of benzene rings is 1. The van der Waals surface area contributed by atoms with Crippen molar-refractivity contribution >= 4 is 29.3 Å². The maximum absolute atomic E-state index is 13.5. The molecular weight excluding hydrogens is 332 g/mol. The first-order valence-electron chi connectivity index (χ1n) is 7.13. The monoisotopic (exact) mass is 347 g/mol. The second-order valence-corrected chi connectivity index (χ2v) is 8.88. The van der Waals surface area contributed by atoms with Crippen LogP contribution in [0.4, 0.5) is 4.39 Å². The molecule has 0 amide bonds. The first-order chi connectivity index (χ1) is 11.3. The lowest BCUT2D eigenvalue weighted by molar-refractivity contribution is 0.0698. The molecule has 0 aliphatic heterocycles. The molecule has 3 rings (SSSR count). The average molecular weight is 347 g/mol. The number of nitrogens with zero attached hydrogens (tertiary/aromatic N) is 3. The van der Waals surface area contributed by atoms with E-state index in [-0.39, 0.29) is 10.9 Å². The Morgan fingerprint density at radius 2 is 2.08 bits per heavy atom. The SMILES string of the molecule is CP(C)(=O)c1c(C(=O)O)ccc2cc(CF)n(-c3ccncn3)c12. The maximum atomic E-state index is 13.5. The van der Waals surface area contributed by atoms with Crippen LogP contribution >= 0.6 is 7.14 Å². The molecule has 0 atom stereocenters. The van der Waals surface area contributed by atoms with Gasteiger partial charge in [0.15, 0.2) is 0 Å². The van der Waals surface area contributed by atoms with Gasteiger partial charge in [-0.2, -0.15) is 0 Å². The van der Waals surface area contributed by atoms with Crippen LogP contribution in [0, 0.1) is 0 Å². The minimum atomic E-state index is -2.97. The minimum Gasteiger partial charge on any atom is -0.478 e. The summed E-state index contributed by atoms with van der Waals surface area (Å²) in [5.74, 6) is -0.780. The third-order valence-electron chi connectivity index (χ3n) is 3.72. The van der Waals surface area contributed by atoms with Crippen molar-refractivity contribution in [1.82, 2.24) is 14.5 Å². The predicted octanol–water partition coefficient (Wildman–Crippen LogP) is 2.84. The normalized spacial score (nSPS) is 11.8. The van der Waals surface area contributed by atoms with Crippen molar-refractivity contribution in [1.29, 1.82) is 0 Å². The summed E-state index contributed by atoms with van der Waals surface area (Å²) in [5.41, 5.74) is 0.671. The van der Waals surface area contributed by atoms with E-state index in [1.165, 1.54) is 36.5 Å². The Hall–Kier alpha value is -2.53. The second-order valence-electron chi connectivity index (χ2n) is 5.73. The number of carboxylic acids is 1. The van der Waals surface area contributed by atoms with Crippen LogP contribution in [-0.2, 0) is 11.2 Å². The van der Waals surface area contributed by atoms with E-state index in [9.17, 15) is 18.9 Å². The Labute approximate surface area is 137 Å². The third kappa shape index (κ3) is 2.61. The van der Waals surface area contributed by atoms with E-state index in [2.05, 4.69) is 9.97 Å². The predicted molar refractivity (Wildman–Crippen MR) is 89.7 cm³/mol. The highest BCUT2D eigenvalue weighted by Gasteiger charge is 2.27. The molecule has 8 heteroatoms. The molecule has 0 radical (unpaired) electrons. The molecule has 3 aromatic rings. The van der Waals surface area contributed by atoms with Gasteiger partial charge in [0, 0.05) is 11.6 Å². The van der Waals surface area contributed by atoms with Gasteiger partial charge in [0.05, 0.1) is 22.1 Å². The summed E-state index contributed by atoms with van der Waals surface area (Å²) in [6.07, 6.45) is 2.83. The van der Waals surface area contributed by atoms with E-state index < -0.39 is 19.8 Å². The highest BCUT2D eigenvalue weighted by Crippen LogP contribution is 2.40. The number of hydrogen-bond acceptors (Lipinski definition) is 4. The average Bonchev–Trinajstić information content (AvgIpc) is 2.91. The van der Waals surface area contributed by atoms with Crippen molar-refractivity contribution in [2.75, 3.05) is 13.3 Å². The van der Waals surface area contributed by atoms with Crippen molar-refractivity contribution in [3.05, 3.63) is 48.0 Å². The van der Waals surface area contributed by atoms with Crippen LogP contribution in [-0.4, -0.2) is 38.9 Å². The number of hydrogen-bond donors (Lipinski definition) is 1. The van der Waals surface area contributed by atoms with Gasteiger partial charge in [-0.25, -0.2) is 19.2 Å². The zero-order chi connectivity index (χ0) is 17.5. The van der Waals surface area contributed by atoms with E-state index in [4.69, 9.17) is 0 Å². The van der Waals surface area contributed by atoms with Gasteiger partial charge in [-0.15, -0.1) is 0 Å². The molecule has 1 aromatic carbocycles. The summed E-state index contributed by atoms with van der Waals surface area (Å²) in [4.78, 5) is 19.6. The van der Waals surface area contributed by atoms with Crippen LogP contribution in [0.2, 0.25) is 0 Å². The Morgan fingerprint density at radius 1 is 1.33 bits per heavy atom. The third-order valence-corrected chi connectivity index (χ3v) is 5.25. The van der Waals surface area contributed by atoms with Gasteiger partial charge in [0.25, 0.3) is 0 Å². The second kappa shape index (κ2) is 5.83. The van der Waals surface area contributed by atoms with Crippen LogP contribution in [0.15, 0.2) is 36.8 Å². The van der Waals surface area contributed by atoms with E-state index >= 15 is 0 Å². The molecule has 0 aliphatic carbocycles. The van der Waals surface area contributed by atoms with Crippen molar-refractivity contribution < 1.29 is 18.9 Å². The van der Waals surface area contributed by atoms with E-state index in [0.717, 1.165) is 0 Å². The van der Waals surface area contributed by atoms with Gasteiger partial charge in [0.1, 0.15) is 26.0 Å². The number of aromatic carboxylic acids is 1. The zero-order valence-corrected chi connectivity index (χ0v) is 14.0. The van der Waals surface area contributed by atoms with Gasteiger partial charge in [0.2, 0.25) is 0 Å². The van der Waals surface area contributed by atoms with E-state index in [1.807, 2.05) is 0 Å². The van der Waals surface area contributed by atoms with Gasteiger partial charge in [-0.05, 0) is 31.5 Å². The lowest BCUT2D eigenvalue weighted by atomic mass is 10.1. The molecule has 24 heavy (non-hydrogen) atoms. The number of carbonyl (C=O) groups is 1. The molecular formula is C16H15FN3O3P. The van der Waals surface area contributed by atoms with Crippen LogP contribution in [0.3, 0.4) is 0 Å². The summed E-state index contributed by atoms with van der Waals surface area (Å²) in [6, 6.07) is 6.20. The van der Waals surface area contributed by atoms with Crippen LogP contribution < -0.4 is 5.30 Å². The molecule has 124 valence electrons. The van der Waals surface area contributed by atoms with Gasteiger partial charge < -0.3 is 9.67 Å². The summed E-state index contributed by atoms with van der Waals surface area (Å²) >= 11 is 0. The standard InChI is InChI=1S/C16H15FN3O3P/c1-24(2,23)15-12(16(21)22)4-3-10-7-11(8-17)20(14(10)15)13-5-6-18-9-19-13/h3-7,9H,8H2,1-2H3,(H,21,22). The molecule has 0 fully saturated rings. The molecule has 0 spiro atoms. The van der Waals surface area contributed by atoms with Gasteiger partial charge >= 0.3 is 5.97 Å². The fraction of sp³-hybridized carbons (Fsp3) is 0.188. The molecule has 0 saturated carbocycles.